The second-order valence-electron chi connectivity index (χ2n) is 6.44. The molecular weight excluding hydrogens is 455 g/mol. The zero-order chi connectivity index (χ0) is 20.5. The number of carbonyl (C=O) groups excluding carboxylic acids is 2. The van der Waals surface area contributed by atoms with Crippen molar-refractivity contribution >= 4 is 73.7 Å². The van der Waals surface area contributed by atoms with Crippen molar-refractivity contribution in [2.24, 2.45) is 0 Å². The summed E-state index contributed by atoms with van der Waals surface area (Å²) < 4.78 is 6.01. The minimum absolute atomic E-state index is 0.0507. The molecule has 2 amide bonds. The van der Waals surface area contributed by atoms with Crippen LogP contribution in [0.5, 0.6) is 0 Å². The van der Waals surface area contributed by atoms with Crippen LogP contribution in [0.25, 0.3) is 10.1 Å². The summed E-state index contributed by atoms with van der Waals surface area (Å²) >= 11 is 19.9. The van der Waals surface area contributed by atoms with Gasteiger partial charge in [0.1, 0.15) is 4.88 Å². The summed E-state index contributed by atoms with van der Waals surface area (Å²) in [5.41, 5.74) is 1.12. The van der Waals surface area contributed by atoms with Gasteiger partial charge < -0.3 is 15.0 Å². The van der Waals surface area contributed by atoms with Gasteiger partial charge in [0, 0.05) is 39.4 Å². The molecule has 5 nitrogen and oxygen atoms in total. The van der Waals surface area contributed by atoms with E-state index in [0.717, 1.165) is 4.70 Å². The van der Waals surface area contributed by atoms with Crippen molar-refractivity contribution in [1.29, 1.82) is 0 Å². The summed E-state index contributed by atoms with van der Waals surface area (Å²) in [7, 11) is 0. The Morgan fingerprint density at radius 3 is 2.41 bits per heavy atom. The Hall–Kier alpha value is -1.83. The van der Waals surface area contributed by atoms with Gasteiger partial charge in [-0.1, -0.05) is 34.8 Å². The molecular formula is C20H15Cl3N2O3S. The highest BCUT2D eigenvalue weighted by atomic mass is 35.5. The van der Waals surface area contributed by atoms with E-state index in [4.69, 9.17) is 39.5 Å². The van der Waals surface area contributed by atoms with Gasteiger partial charge in [0.2, 0.25) is 0 Å². The van der Waals surface area contributed by atoms with Crippen LogP contribution in [0.1, 0.15) is 20.0 Å². The quantitative estimate of drug-likeness (QED) is 0.544. The lowest BCUT2D eigenvalue weighted by Crippen LogP contribution is -2.40. The van der Waals surface area contributed by atoms with E-state index in [1.165, 1.54) is 11.3 Å². The monoisotopic (exact) mass is 468 g/mol. The van der Waals surface area contributed by atoms with Crippen molar-refractivity contribution < 1.29 is 14.3 Å². The van der Waals surface area contributed by atoms with Gasteiger partial charge in [-0.25, -0.2) is 0 Å². The number of thiophene rings is 1. The number of carbonyl (C=O) groups is 2. The summed E-state index contributed by atoms with van der Waals surface area (Å²) in [5.74, 6) is -0.402. The van der Waals surface area contributed by atoms with Gasteiger partial charge in [0.15, 0.2) is 0 Å². The first-order valence-electron chi connectivity index (χ1n) is 8.79. The Morgan fingerprint density at radius 2 is 1.72 bits per heavy atom. The molecule has 3 aromatic rings. The van der Waals surface area contributed by atoms with Crippen molar-refractivity contribution in [2.45, 2.75) is 0 Å². The van der Waals surface area contributed by atoms with Crippen molar-refractivity contribution in [3.63, 3.8) is 0 Å². The van der Waals surface area contributed by atoms with Gasteiger partial charge in [-0.05, 0) is 36.4 Å². The first-order valence-corrected chi connectivity index (χ1v) is 10.7. The molecule has 0 saturated carbocycles. The molecule has 1 aromatic heterocycles. The number of benzene rings is 2. The molecule has 1 N–H and O–H groups in total. The maximum atomic E-state index is 12.7. The number of morpholine rings is 1. The third-order valence-corrected chi connectivity index (χ3v) is 6.69. The van der Waals surface area contributed by atoms with Crippen LogP contribution in [0.2, 0.25) is 15.1 Å². The summed E-state index contributed by atoms with van der Waals surface area (Å²) in [6, 6.07) is 10.1. The fraction of sp³-hybridized carbons (Fsp3) is 0.200. The highest BCUT2D eigenvalue weighted by Gasteiger charge is 2.21. The van der Waals surface area contributed by atoms with Crippen molar-refractivity contribution in [3.05, 3.63) is 61.9 Å². The number of hydrogen-bond donors (Lipinski definition) is 1. The summed E-state index contributed by atoms with van der Waals surface area (Å²) in [6.45, 7) is 2.25. The maximum absolute atomic E-state index is 12.7. The fourth-order valence-electron chi connectivity index (χ4n) is 3.09. The highest BCUT2D eigenvalue weighted by Crippen LogP contribution is 2.41. The topological polar surface area (TPSA) is 58.6 Å². The van der Waals surface area contributed by atoms with Crippen LogP contribution in [-0.2, 0) is 4.74 Å². The molecule has 0 radical (unpaired) electrons. The SMILES string of the molecule is O=C(Nc1ccc(C(=O)N2CCOCC2)cc1)c1sc2cc(Cl)cc(Cl)c2c1Cl. The molecule has 1 fully saturated rings. The van der Waals surface area contributed by atoms with E-state index in [1.54, 1.807) is 41.3 Å². The number of amides is 2. The lowest BCUT2D eigenvalue weighted by Gasteiger charge is -2.26. The summed E-state index contributed by atoms with van der Waals surface area (Å²) in [6.07, 6.45) is 0. The number of anilines is 1. The van der Waals surface area contributed by atoms with E-state index in [9.17, 15) is 9.59 Å². The molecule has 0 aliphatic carbocycles. The van der Waals surface area contributed by atoms with E-state index in [1.807, 2.05) is 0 Å². The number of nitrogens with one attached hydrogen (secondary N) is 1. The number of ether oxygens (including phenoxy) is 1. The van der Waals surface area contributed by atoms with E-state index >= 15 is 0 Å². The molecule has 150 valence electrons. The Bertz CT molecular complexity index is 1090. The third-order valence-electron chi connectivity index (χ3n) is 4.54. The van der Waals surface area contributed by atoms with Crippen LogP contribution in [0, 0.1) is 0 Å². The summed E-state index contributed by atoms with van der Waals surface area (Å²) in [5, 5.41) is 4.59. The molecule has 1 aliphatic heterocycles. The predicted octanol–water partition coefficient (Wildman–Crippen LogP) is 5.59. The number of halogens is 3. The molecule has 9 heteroatoms. The van der Waals surface area contributed by atoms with Gasteiger partial charge in [0.05, 0.1) is 23.3 Å². The molecule has 29 heavy (non-hydrogen) atoms. The Kier molecular flexibility index (Phi) is 5.99. The zero-order valence-electron chi connectivity index (χ0n) is 15.0. The average molecular weight is 470 g/mol. The van der Waals surface area contributed by atoms with E-state index < -0.39 is 0 Å². The van der Waals surface area contributed by atoms with Crippen LogP contribution in [0.3, 0.4) is 0 Å². The second-order valence-corrected chi connectivity index (χ2v) is 8.72. The van der Waals surface area contributed by atoms with Crippen molar-refractivity contribution in [2.75, 3.05) is 31.6 Å². The third kappa shape index (κ3) is 4.22. The second kappa shape index (κ2) is 8.50. The van der Waals surface area contributed by atoms with Crippen molar-refractivity contribution in [3.8, 4) is 0 Å². The minimum atomic E-state index is -0.351. The smallest absolute Gasteiger partial charge is 0.267 e. The standard InChI is InChI=1S/C20H15Cl3N2O3S/c21-12-9-14(22)16-15(10-12)29-18(17(16)23)19(26)24-13-3-1-11(2-4-13)20(27)25-5-7-28-8-6-25/h1-4,9-10H,5-8H2,(H,24,26). The minimum Gasteiger partial charge on any atom is -0.378 e. The van der Waals surface area contributed by atoms with Crippen LogP contribution in [0.4, 0.5) is 5.69 Å². The van der Waals surface area contributed by atoms with Gasteiger partial charge >= 0.3 is 0 Å². The Labute approximate surface area is 186 Å². The van der Waals surface area contributed by atoms with Gasteiger partial charge in [-0.2, -0.15) is 0 Å². The number of rotatable bonds is 3. The number of nitrogens with zero attached hydrogens (tertiary/aromatic N) is 1. The van der Waals surface area contributed by atoms with Crippen molar-refractivity contribution in [1.82, 2.24) is 4.90 Å². The molecule has 4 rings (SSSR count). The Balaban J connectivity index is 1.51. The normalized spacial score (nSPS) is 14.2. The first-order chi connectivity index (χ1) is 13.9. The number of fused-ring (bicyclic) bond motifs is 1. The summed E-state index contributed by atoms with van der Waals surface area (Å²) in [4.78, 5) is 27.3. The lowest BCUT2D eigenvalue weighted by molar-refractivity contribution is 0.0303. The highest BCUT2D eigenvalue weighted by molar-refractivity contribution is 7.21. The van der Waals surface area contributed by atoms with Gasteiger partial charge in [-0.3, -0.25) is 9.59 Å². The fourth-order valence-corrected chi connectivity index (χ4v) is 5.36. The zero-order valence-corrected chi connectivity index (χ0v) is 18.1. The molecule has 0 bridgehead atoms. The molecule has 0 atom stereocenters. The Morgan fingerprint density at radius 1 is 1.03 bits per heavy atom. The van der Waals surface area contributed by atoms with Crippen LogP contribution in [-0.4, -0.2) is 43.0 Å². The molecule has 1 aliphatic rings. The van der Waals surface area contributed by atoms with Crippen LogP contribution < -0.4 is 5.32 Å². The predicted molar refractivity (Wildman–Crippen MR) is 118 cm³/mol. The van der Waals surface area contributed by atoms with E-state index in [-0.39, 0.29) is 11.8 Å². The van der Waals surface area contributed by atoms with Crippen LogP contribution >= 0.6 is 46.1 Å². The maximum Gasteiger partial charge on any atom is 0.267 e. The van der Waals surface area contributed by atoms with Gasteiger partial charge in [-0.15, -0.1) is 11.3 Å². The average Bonchev–Trinajstić information content (AvgIpc) is 3.05. The largest absolute Gasteiger partial charge is 0.378 e. The number of hydrogen-bond acceptors (Lipinski definition) is 4. The van der Waals surface area contributed by atoms with E-state index in [2.05, 4.69) is 5.32 Å². The molecule has 2 heterocycles. The van der Waals surface area contributed by atoms with E-state index in [0.29, 0.717) is 62.9 Å². The molecule has 0 spiro atoms. The van der Waals surface area contributed by atoms with Gasteiger partial charge in [0.25, 0.3) is 11.8 Å². The molecule has 2 aromatic carbocycles. The van der Waals surface area contributed by atoms with Crippen LogP contribution in [0.15, 0.2) is 36.4 Å². The molecule has 0 unspecified atom stereocenters. The lowest BCUT2D eigenvalue weighted by atomic mass is 10.1. The first kappa shape index (κ1) is 20.4. The molecule has 1 saturated heterocycles.